The van der Waals surface area contributed by atoms with Crippen molar-refractivity contribution in [3.8, 4) is 17.3 Å². The Kier molecular flexibility index (Phi) is 4.77. The van der Waals surface area contributed by atoms with E-state index in [1.807, 2.05) is 18.2 Å². The van der Waals surface area contributed by atoms with E-state index >= 15 is 0 Å². The van der Waals surface area contributed by atoms with Gasteiger partial charge in [0.15, 0.2) is 11.5 Å². The molecule has 0 radical (unpaired) electrons. The Morgan fingerprint density at radius 2 is 1.67 bits per heavy atom. The molecule has 150 valence electrons. The summed E-state index contributed by atoms with van der Waals surface area (Å²) in [4.78, 5) is 8.71. The summed E-state index contributed by atoms with van der Waals surface area (Å²) in [6, 6.07) is 20.5. The third kappa shape index (κ3) is 3.46. The van der Waals surface area contributed by atoms with E-state index in [0.717, 1.165) is 11.4 Å². The number of hydrogen-bond acceptors (Lipinski definition) is 6. The zero-order valence-electron chi connectivity index (χ0n) is 16.6. The number of ether oxygens (including phenoxy) is 2. The lowest BCUT2D eigenvalue weighted by molar-refractivity contribution is -0.0380. The fourth-order valence-electron chi connectivity index (χ4n) is 3.63. The van der Waals surface area contributed by atoms with Crippen molar-refractivity contribution in [3.63, 3.8) is 0 Å². The first kappa shape index (κ1) is 18.5. The first-order valence-corrected chi connectivity index (χ1v) is 9.84. The lowest BCUT2D eigenvalue weighted by Crippen LogP contribution is -2.47. The van der Waals surface area contributed by atoms with Crippen LogP contribution in [0.15, 0.2) is 77.6 Å². The van der Waals surface area contributed by atoms with Gasteiger partial charge >= 0.3 is 0 Å². The van der Waals surface area contributed by atoms with E-state index in [2.05, 4.69) is 58.4 Å². The van der Waals surface area contributed by atoms with Crippen molar-refractivity contribution in [1.82, 2.24) is 15.1 Å². The Morgan fingerprint density at radius 1 is 0.933 bits per heavy atom. The maximum Gasteiger partial charge on any atom is 0.182 e. The van der Waals surface area contributed by atoms with E-state index in [1.165, 1.54) is 23.0 Å². The molecule has 30 heavy (non-hydrogen) atoms. The number of nitrogens with zero attached hydrogens (tertiary/aromatic N) is 3. The van der Waals surface area contributed by atoms with Crippen molar-refractivity contribution in [2.45, 2.75) is 18.9 Å². The first-order chi connectivity index (χ1) is 14.7. The molecule has 1 aliphatic rings. The van der Waals surface area contributed by atoms with Gasteiger partial charge in [0.2, 0.25) is 0 Å². The normalized spacial score (nSPS) is 14.8. The van der Waals surface area contributed by atoms with Crippen LogP contribution in [0.5, 0.6) is 5.75 Å². The molecule has 0 atom stereocenters. The number of benzene rings is 2. The number of aromatic nitrogens is 3. The number of rotatable bonds is 6. The summed E-state index contributed by atoms with van der Waals surface area (Å²) in [7, 11) is 0. The van der Waals surface area contributed by atoms with Gasteiger partial charge in [-0.2, -0.15) is 0 Å². The lowest BCUT2D eigenvalue weighted by atomic mass is 9.73. The SMILES string of the molecule is Cc1ccc(C2(c3ccc(OCc4ccnc(-c5ccon5)n4)cc3)COC2)cc1. The van der Waals surface area contributed by atoms with Gasteiger partial charge in [-0.05, 0) is 36.2 Å². The van der Waals surface area contributed by atoms with Crippen LogP contribution in [-0.2, 0) is 16.8 Å². The number of aryl methyl sites for hydroxylation is 1. The molecule has 6 heteroatoms. The van der Waals surface area contributed by atoms with Crippen molar-refractivity contribution < 1.29 is 14.0 Å². The fraction of sp³-hybridized carbons (Fsp3) is 0.208. The largest absolute Gasteiger partial charge is 0.487 e. The quantitative estimate of drug-likeness (QED) is 0.480. The van der Waals surface area contributed by atoms with Crippen LogP contribution in [0.1, 0.15) is 22.4 Å². The second-order valence-corrected chi connectivity index (χ2v) is 7.51. The minimum absolute atomic E-state index is 0.0780. The maximum absolute atomic E-state index is 5.94. The molecule has 0 aliphatic carbocycles. The van der Waals surface area contributed by atoms with Gasteiger partial charge in [-0.15, -0.1) is 0 Å². The standard InChI is InChI=1S/C24H21N3O3/c1-17-2-4-18(5-3-17)24(15-28-16-24)19-6-8-21(9-7-19)29-14-20-10-12-25-23(26-20)22-11-13-30-27-22/h2-13H,14-16H2,1H3. The second kappa shape index (κ2) is 7.72. The Balaban J connectivity index is 1.30. The Bertz CT molecular complexity index is 1120. The summed E-state index contributed by atoms with van der Waals surface area (Å²) in [6.45, 7) is 3.84. The number of hydrogen-bond donors (Lipinski definition) is 0. The van der Waals surface area contributed by atoms with Gasteiger partial charge in [-0.3, -0.25) is 0 Å². The molecule has 0 unspecified atom stereocenters. The molecule has 0 saturated carbocycles. The third-order valence-corrected chi connectivity index (χ3v) is 5.47. The smallest absolute Gasteiger partial charge is 0.182 e. The average Bonchev–Trinajstić information content (AvgIpc) is 3.29. The molecule has 0 amide bonds. The highest BCUT2D eigenvalue weighted by molar-refractivity contribution is 5.47. The van der Waals surface area contributed by atoms with Gasteiger partial charge in [0, 0.05) is 12.3 Å². The summed E-state index contributed by atoms with van der Waals surface area (Å²) in [5.41, 5.74) is 5.08. The van der Waals surface area contributed by atoms with E-state index < -0.39 is 0 Å². The molecule has 6 nitrogen and oxygen atoms in total. The zero-order chi connectivity index (χ0) is 20.4. The van der Waals surface area contributed by atoms with Crippen LogP contribution in [0, 0.1) is 6.92 Å². The van der Waals surface area contributed by atoms with Crippen molar-refractivity contribution in [1.29, 1.82) is 0 Å². The first-order valence-electron chi connectivity index (χ1n) is 9.84. The minimum atomic E-state index is -0.0780. The topological polar surface area (TPSA) is 70.3 Å². The average molecular weight is 399 g/mol. The van der Waals surface area contributed by atoms with Gasteiger partial charge < -0.3 is 14.0 Å². The Morgan fingerprint density at radius 3 is 2.30 bits per heavy atom. The highest BCUT2D eigenvalue weighted by Gasteiger charge is 2.41. The molecular formula is C24H21N3O3. The van der Waals surface area contributed by atoms with Gasteiger partial charge in [0.1, 0.15) is 18.6 Å². The summed E-state index contributed by atoms with van der Waals surface area (Å²) in [5.74, 6) is 1.31. The molecule has 0 bridgehead atoms. The molecular weight excluding hydrogens is 378 g/mol. The zero-order valence-corrected chi connectivity index (χ0v) is 16.6. The molecule has 1 fully saturated rings. The van der Waals surface area contributed by atoms with Crippen molar-refractivity contribution in [3.05, 3.63) is 95.5 Å². The molecule has 3 heterocycles. The van der Waals surface area contributed by atoms with Crippen LogP contribution in [0.4, 0.5) is 0 Å². The lowest BCUT2D eigenvalue weighted by Gasteiger charge is -2.42. The Hall–Kier alpha value is -3.51. The van der Waals surface area contributed by atoms with Crippen LogP contribution >= 0.6 is 0 Å². The van der Waals surface area contributed by atoms with Gasteiger partial charge in [0.05, 0.1) is 24.3 Å². The van der Waals surface area contributed by atoms with Crippen LogP contribution in [0.3, 0.4) is 0 Å². The van der Waals surface area contributed by atoms with Crippen LogP contribution in [0.2, 0.25) is 0 Å². The molecule has 2 aromatic carbocycles. The van der Waals surface area contributed by atoms with E-state index in [4.69, 9.17) is 14.0 Å². The summed E-state index contributed by atoms with van der Waals surface area (Å²) >= 11 is 0. The summed E-state index contributed by atoms with van der Waals surface area (Å²) in [6.07, 6.45) is 3.20. The van der Waals surface area contributed by atoms with E-state index in [0.29, 0.717) is 31.3 Å². The van der Waals surface area contributed by atoms with Crippen molar-refractivity contribution in [2.24, 2.45) is 0 Å². The van der Waals surface area contributed by atoms with Crippen LogP contribution in [-0.4, -0.2) is 28.3 Å². The third-order valence-electron chi connectivity index (χ3n) is 5.47. The van der Waals surface area contributed by atoms with Gasteiger partial charge in [-0.25, -0.2) is 9.97 Å². The minimum Gasteiger partial charge on any atom is -0.487 e. The highest BCUT2D eigenvalue weighted by Crippen LogP contribution is 2.39. The fourth-order valence-corrected chi connectivity index (χ4v) is 3.63. The van der Waals surface area contributed by atoms with E-state index in [9.17, 15) is 0 Å². The summed E-state index contributed by atoms with van der Waals surface area (Å²) < 4.78 is 16.4. The predicted octanol–water partition coefficient (Wildman–Crippen LogP) is 4.34. The van der Waals surface area contributed by atoms with Gasteiger partial charge in [-0.1, -0.05) is 47.1 Å². The van der Waals surface area contributed by atoms with E-state index in [-0.39, 0.29) is 5.41 Å². The van der Waals surface area contributed by atoms with Crippen molar-refractivity contribution in [2.75, 3.05) is 13.2 Å². The molecule has 0 spiro atoms. The monoisotopic (exact) mass is 399 g/mol. The molecule has 1 aliphatic heterocycles. The van der Waals surface area contributed by atoms with Gasteiger partial charge in [0.25, 0.3) is 0 Å². The molecule has 0 N–H and O–H groups in total. The molecule has 1 saturated heterocycles. The molecule has 5 rings (SSSR count). The Labute approximate surface area is 174 Å². The molecule has 2 aromatic heterocycles. The van der Waals surface area contributed by atoms with Crippen LogP contribution in [0.25, 0.3) is 11.5 Å². The summed E-state index contributed by atoms with van der Waals surface area (Å²) in [5, 5.41) is 3.87. The molecule has 4 aromatic rings. The second-order valence-electron chi connectivity index (χ2n) is 7.51. The predicted molar refractivity (Wildman–Crippen MR) is 111 cm³/mol. The van der Waals surface area contributed by atoms with E-state index in [1.54, 1.807) is 12.3 Å². The van der Waals surface area contributed by atoms with Crippen molar-refractivity contribution >= 4 is 0 Å². The maximum atomic E-state index is 5.94. The van der Waals surface area contributed by atoms with Crippen LogP contribution < -0.4 is 4.74 Å². The highest BCUT2D eigenvalue weighted by atomic mass is 16.5.